The lowest BCUT2D eigenvalue weighted by molar-refractivity contribution is -0.213. The van der Waals surface area contributed by atoms with Crippen molar-refractivity contribution in [2.24, 2.45) is 0 Å². The first-order chi connectivity index (χ1) is 5.96. The SMILES string of the molecule is COC(=O)C1OCOC1C(F)(F)F. The van der Waals surface area contributed by atoms with Crippen molar-refractivity contribution in [3.63, 3.8) is 0 Å². The highest BCUT2D eigenvalue weighted by molar-refractivity contribution is 5.75. The van der Waals surface area contributed by atoms with Gasteiger partial charge in [-0.05, 0) is 0 Å². The predicted octanol–water partition coefficient (Wildman–Crippen LogP) is 0.463. The van der Waals surface area contributed by atoms with E-state index in [4.69, 9.17) is 0 Å². The van der Waals surface area contributed by atoms with E-state index in [0.29, 0.717) is 0 Å². The van der Waals surface area contributed by atoms with Crippen LogP contribution in [0.15, 0.2) is 0 Å². The van der Waals surface area contributed by atoms with Gasteiger partial charge in [-0.25, -0.2) is 4.79 Å². The molecule has 1 aliphatic rings. The number of halogens is 3. The highest BCUT2D eigenvalue weighted by Gasteiger charge is 2.53. The van der Waals surface area contributed by atoms with Gasteiger partial charge in [0.05, 0.1) is 7.11 Å². The van der Waals surface area contributed by atoms with Crippen LogP contribution in [0.5, 0.6) is 0 Å². The van der Waals surface area contributed by atoms with E-state index in [1.807, 2.05) is 0 Å². The molecule has 0 spiro atoms. The summed E-state index contributed by atoms with van der Waals surface area (Å²) in [6.07, 6.45) is -8.54. The standard InChI is InChI=1S/C6H7F3O4/c1-11-5(10)3-4(6(7,8)9)13-2-12-3/h3-4H,2H2,1H3. The summed E-state index contributed by atoms with van der Waals surface area (Å²) < 4.78 is 49.0. The van der Waals surface area contributed by atoms with Crippen molar-refractivity contribution in [3.8, 4) is 0 Å². The van der Waals surface area contributed by atoms with Crippen LogP contribution in [0.4, 0.5) is 13.2 Å². The molecule has 7 heteroatoms. The van der Waals surface area contributed by atoms with Crippen molar-refractivity contribution in [1.82, 2.24) is 0 Å². The molecule has 1 rings (SSSR count). The molecule has 1 fully saturated rings. The Bertz CT molecular complexity index is 203. The second-order valence-corrected chi connectivity index (χ2v) is 2.36. The number of carbonyl (C=O) groups is 1. The number of carbonyl (C=O) groups excluding carboxylic acids is 1. The number of alkyl halides is 3. The van der Waals surface area contributed by atoms with Crippen LogP contribution in [0.2, 0.25) is 0 Å². The van der Waals surface area contributed by atoms with Gasteiger partial charge in [0.2, 0.25) is 0 Å². The Balaban J connectivity index is 2.70. The number of ether oxygens (including phenoxy) is 3. The van der Waals surface area contributed by atoms with Gasteiger partial charge >= 0.3 is 12.1 Å². The Morgan fingerprint density at radius 3 is 2.54 bits per heavy atom. The maximum absolute atomic E-state index is 12.1. The van der Waals surface area contributed by atoms with Gasteiger partial charge in [-0.1, -0.05) is 0 Å². The summed E-state index contributed by atoms with van der Waals surface area (Å²) >= 11 is 0. The van der Waals surface area contributed by atoms with Crippen LogP contribution < -0.4 is 0 Å². The molecular weight excluding hydrogens is 193 g/mol. The van der Waals surface area contributed by atoms with Crippen LogP contribution in [-0.2, 0) is 19.0 Å². The van der Waals surface area contributed by atoms with Crippen LogP contribution >= 0.6 is 0 Å². The van der Waals surface area contributed by atoms with Crippen molar-refractivity contribution >= 4 is 5.97 Å². The van der Waals surface area contributed by atoms with Crippen molar-refractivity contribution in [3.05, 3.63) is 0 Å². The fourth-order valence-electron chi connectivity index (χ4n) is 0.935. The van der Waals surface area contributed by atoms with Crippen LogP contribution in [0, 0.1) is 0 Å². The molecule has 76 valence electrons. The molecule has 0 aromatic heterocycles. The molecule has 1 saturated heterocycles. The molecule has 13 heavy (non-hydrogen) atoms. The normalized spacial score (nSPS) is 28.9. The summed E-state index contributed by atoms with van der Waals surface area (Å²) in [6, 6.07) is 0. The second-order valence-electron chi connectivity index (χ2n) is 2.36. The Morgan fingerprint density at radius 2 is 2.08 bits per heavy atom. The smallest absolute Gasteiger partial charge is 0.417 e. The first kappa shape index (κ1) is 10.3. The molecule has 0 bridgehead atoms. The molecule has 1 heterocycles. The minimum Gasteiger partial charge on any atom is -0.467 e. The van der Waals surface area contributed by atoms with E-state index < -0.39 is 31.1 Å². The number of methoxy groups -OCH3 is 1. The zero-order valence-electron chi connectivity index (χ0n) is 6.63. The number of hydrogen-bond acceptors (Lipinski definition) is 4. The van der Waals surface area contributed by atoms with E-state index >= 15 is 0 Å². The van der Waals surface area contributed by atoms with Gasteiger partial charge in [0.1, 0.15) is 6.79 Å². The Kier molecular flexibility index (Phi) is 2.77. The van der Waals surface area contributed by atoms with Gasteiger partial charge in [-0.3, -0.25) is 0 Å². The van der Waals surface area contributed by atoms with E-state index in [1.165, 1.54) is 0 Å². The van der Waals surface area contributed by atoms with Crippen LogP contribution in [0.25, 0.3) is 0 Å². The van der Waals surface area contributed by atoms with E-state index in [-0.39, 0.29) is 0 Å². The molecule has 4 nitrogen and oxygen atoms in total. The van der Waals surface area contributed by atoms with Crippen molar-refractivity contribution in [1.29, 1.82) is 0 Å². The first-order valence-corrected chi connectivity index (χ1v) is 3.34. The fraction of sp³-hybridized carbons (Fsp3) is 0.833. The molecule has 0 amide bonds. The maximum atomic E-state index is 12.1. The third-order valence-corrected chi connectivity index (χ3v) is 1.53. The molecule has 0 aromatic carbocycles. The Hall–Kier alpha value is -0.820. The molecule has 1 aliphatic heterocycles. The zero-order valence-corrected chi connectivity index (χ0v) is 6.63. The molecule has 0 N–H and O–H groups in total. The summed E-state index contributed by atoms with van der Waals surface area (Å²) in [7, 11) is 0.984. The maximum Gasteiger partial charge on any atom is 0.417 e. The third-order valence-electron chi connectivity index (χ3n) is 1.53. The van der Waals surface area contributed by atoms with Gasteiger partial charge in [0.15, 0.2) is 12.2 Å². The van der Waals surface area contributed by atoms with Crippen LogP contribution in [-0.4, -0.2) is 38.3 Å². The van der Waals surface area contributed by atoms with E-state index in [1.54, 1.807) is 0 Å². The van der Waals surface area contributed by atoms with Gasteiger partial charge in [0, 0.05) is 0 Å². The highest BCUT2D eigenvalue weighted by atomic mass is 19.4. The van der Waals surface area contributed by atoms with Crippen LogP contribution in [0.1, 0.15) is 0 Å². The Labute approximate surface area is 71.6 Å². The molecule has 2 unspecified atom stereocenters. The molecule has 0 aromatic rings. The fourth-order valence-corrected chi connectivity index (χ4v) is 0.935. The number of hydrogen-bond donors (Lipinski definition) is 0. The summed E-state index contributed by atoms with van der Waals surface area (Å²) in [5.74, 6) is -1.08. The molecular formula is C6H7F3O4. The summed E-state index contributed by atoms with van der Waals surface area (Å²) in [4.78, 5) is 10.7. The lowest BCUT2D eigenvalue weighted by Gasteiger charge is -2.17. The molecule has 0 radical (unpaired) electrons. The van der Waals surface area contributed by atoms with Gasteiger partial charge in [0.25, 0.3) is 0 Å². The molecule has 0 aliphatic carbocycles. The average molecular weight is 200 g/mol. The summed E-state index contributed by atoms with van der Waals surface area (Å²) in [6.45, 7) is -0.552. The highest BCUT2D eigenvalue weighted by Crippen LogP contribution is 2.30. The number of esters is 1. The van der Waals surface area contributed by atoms with E-state index in [0.717, 1.165) is 7.11 Å². The third kappa shape index (κ3) is 2.10. The number of rotatable bonds is 1. The molecule has 0 saturated carbocycles. The van der Waals surface area contributed by atoms with Crippen molar-refractivity contribution < 1.29 is 32.2 Å². The van der Waals surface area contributed by atoms with E-state index in [2.05, 4.69) is 14.2 Å². The zero-order chi connectivity index (χ0) is 10.1. The Morgan fingerprint density at radius 1 is 1.46 bits per heavy atom. The van der Waals surface area contributed by atoms with Gasteiger partial charge in [-0.15, -0.1) is 0 Å². The minimum atomic E-state index is -4.62. The van der Waals surface area contributed by atoms with Crippen molar-refractivity contribution in [2.75, 3.05) is 13.9 Å². The summed E-state index contributed by atoms with van der Waals surface area (Å²) in [5, 5.41) is 0. The average Bonchev–Trinajstić information content (AvgIpc) is 2.49. The quantitative estimate of drug-likeness (QED) is 0.577. The van der Waals surface area contributed by atoms with Crippen LogP contribution in [0.3, 0.4) is 0 Å². The topological polar surface area (TPSA) is 44.8 Å². The van der Waals surface area contributed by atoms with E-state index in [9.17, 15) is 18.0 Å². The monoisotopic (exact) mass is 200 g/mol. The second kappa shape index (κ2) is 3.51. The lowest BCUT2D eigenvalue weighted by Crippen LogP contribution is -2.42. The van der Waals surface area contributed by atoms with Gasteiger partial charge in [-0.2, -0.15) is 13.2 Å². The largest absolute Gasteiger partial charge is 0.467 e. The minimum absolute atomic E-state index is 0.552. The predicted molar refractivity (Wildman–Crippen MR) is 32.7 cm³/mol. The lowest BCUT2D eigenvalue weighted by atomic mass is 10.2. The molecule has 2 atom stereocenters. The first-order valence-electron chi connectivity index (χ1n) is 3.34. The van der Waals surface area contributed by atoms with Gasteiger partial charge < -0.3 is 14.2 Å². The van der Waals surface area contributed by atoms with Crippen molar-refractivity contribution in [2.45, 2.75) is 18.4 Å². The summed E-state index contributed by atoms with van der Waals surface area (Å²) in [5.41, 5.74) is 0.